The SMILES string of the molecule is c1ccc(-c2ccc(-n3c4ccccc4c4cc(-c5ccc6c(c5)c5ccccc5n6-c5ccccc5-c5ccccc5)ccc43)cc2-c2ccccc2)cc1. The number of aromatic nitrogens is 2. The van der Waals surface area contributed by atoms with Crippen molar-refractivity contribution in [3.05, 3.63) is 218 Å². The predicted octanol–water partition coefficient (Wildman–Crippen LogP) is 14.5. The van der Waals surface area contributed by atoms with E-state index in [-0.39, 0.29) is 0 Å². The Morgan fingerprint density at radius 1 is 0.232 bits per heavy atom. The van der Waals surface area contributed by atoms with Gasteiger partial charge in [0.15, 0.2) is 0 Å². The predicted molar refractivity (Wildman–Crippen MR) is 237 cm³/mol. The van der Waals surface area contributed by atoms with E-state index in [9.17, 15) is 0 Å². The van der Waals surface area contributed by atoms with Crippen LogP contribution in [0.5, 0.6) is 0 Å². The van der Waals surface area contributed by atoms with E-state index >= 15 is 0 Å². The van der Waals surface area contributed by atoms with Gasteiger partial charge in [-0.25, -0.2) is 0 Å². The van der Waals surface area contributed by atoms with Crippen molar-refractivity contribution in [3.8, 4) is 55.9 Å². The normalized spacial score (nSPS) is 11.6. The van der Waals surface area contributed by atoms with Crippen molar-refractivity contribution in [3.63, 3.8) is 0 Å². The molecule has 262 valence electrons. The van der Waals surface area contributed by atoms with Crippen molar-refractivity contribution in [1.82, 2.24) is 9.13 Å². The molecule has 0 saturated heterocycles. The molecule has 0 atom stereocenters. The van der Waals surface area contributed by atoms with Crippen LogP contribution in [0.4, 0.5) is 0 Å². The third-order valence-electron chi connectivity index (χ3n) is 11.3. The maximum atomic E-state index is 2.43. The van der Waals surface area contributed by atoms with E-state index in [1.165, 1.54) is 93.8 Å². The molecule has 2 nitrogen and oxygen atoms in total. The van der Waals surface area contributed by atoms with Gasteiger partial charge in [0.05, 0.1) is 27.8 Å². The second-order valence-electron chi connectivity index (χ2n) is 14.5. The quantitative estimate of drug-likeness (QED) is 0.162. The summed E-state index contributed by atoms with van der Waals surface area (Å²) in [6.45, 7) is 0. The summed E-state index contributed by atoms with van der Waals surface area (Å²) in [5, 5.41) is 4.98. The van der Waals surface area contributed by atoms with Crippen molar-refractivity contribution in [2.75, 3.05) is 0 Å². The summed E-state index contributed by atoms with van der Waals surface area (Å²) in [4.78, 5) is 0. The molecule has 0 unspecified atom stereocenters. The molecular weight excluding hydrogens is 677 g/mol. The van der Waals surface area contributed by atoms with Gasteiger partial charge in [-0.05, 0) is 93.5 Å². The monoisotopic (exact) mass is 712 g/mol. The first-order valence-corrected chi connectivity index (χ1v) is 19.3. The number of nitrogens with zero attached hydrogens (tertiary/aromatic N) is 2. The van der Waals surface area contributed by atoms with Gasteiger partial charge in [0, 0.05) is 32.8 Å². The zero-order valence-corrected chi connectivity index (χ0v) is 30.7. The number of fused-ring (bicyclic) bond motifs is 6. The highest BCUT2D eigenvalue weighted by atomic mass is 15.0. The minimum Gasteiger partial charge on any atom is -0.309 e. The fourth-order valence-electron chi connectivity index (χ4n) is 8.77. The van der Waals surface area contributed by atoms with E-state index < -0.39 is 0 Å². The van der Waals surface area contributed by atoms with E-state index in [1.54, 1.807) is 0 Å². The first-order chi connectivity index (χ1) is 27.8. The van der Waals surface area contributed by atoms with E-state index in [0.29, 0.717) is 0 Å². The average molecular weight is 713 g/mol. The van der Waals surface area contributed by atoms with Crippen LogP contribution in [0.25, 0.3) is 99.5 Å². The Balaban J connectivity index is 1.08. The van der Waals surface area contributed by atoms with E-state index in [0.717, 1.165) is 5.69 Å². The van der Waals surface area contributed by atoms with Crippen LogP contribution in [-0.4, -0.2) is 9.13 Å². The third kappa shape index (κ3) is 5.19. The molecule has 0 spiro atoms. The molecule has 2 heteroatoms. The highest BCUT2D eigenvalue weighted by Crippen LogP contribution is 2.41. The summed E-state index contributed by atoms with van der Waals surface area (Å²) in [5.74, 6) is 0. The summed E-state index contributed by atoms with van der Waals surface area (Å²) in [5.41, 5.74) is 16.8. The first kappa shape index (κ1) is 32.0. The molecule has 56 heavy (non-hydrogen) atoms. The van der Waals surface area contributed by atoms with Crippen LogP contribution in [0, 0.1) is 0 Å². The zero-order valence-electron chi connectivity index (χ0n) is 30.7. The molecule has 0 saturated carbocycles. The van der Waals surface area contributed by atoms with Gasteiger partial charge in [0.25, 0.3) is 0 Å². The molecule has 0 fully saturated rings. The summed E-state index contributed by atoms with van der Waals surface area (Å²) in [7, 11) is 0. The maximum absolute atomic E-state index is 2.43. The fraction of sp³-hybridized carbons (Fsp3) is 0. The minimum atomic E-state index is 1.15. The molecule has 0 aliphatic carbocycles. The van der Waals surface area contributed by atoms with Crippen LogP contribution in [0.2, 0.25) is 0 Å². The van der Waals surface area contributed by atoms with E-state index in [4.69, 9.17) is 0 Å². The molecule has 0 bridgehead atoms. The van der Waals surface area contributed by atoms with Crippen LogP contribution < -0.4 is 0 Å². The average Bonchev–Trinajstić information content (AvgIpc) is 3.79. The Hall–Kier alpha value is -7.42. The van der Waals surface area contributed by atoms with Gasteiger partial charge >= 0.3 is 0 Å². The second kappa shape index (κ2) is 13.2. The molecule has 11 aromatic rings. The Morgan fingerprint density at radius 2 is 0.679 bits per heavy atom. The number of para-hydroxylation sites is 3. The molecule has 0 N–H and O–H groups in total. The molecule has 0 amide bonds. The lowest BCUT2D eigenvalue weighted by Crippen LogP contribution is -1.97. The zero-order chi connectivity index (χ0) is 37.0. The van der Waals surface area contributed by atoms with Gasteiger partial charge in [-0.1, -0.05) is 164 Å². The van der Waals surface area contributed by atoms with Crippen molar-refractivity contribution in [1.29, 1.82) is 0 Å². The van der Waals surface area contributed by atoms with Gasteiger partial charge < -0.3 is 9.13 Å². The standard InChI is InChI=1S/C54H36N2/c1-4-16-37(17-5-1)43-31-30-42(36-47(43)39-20-8-3-9-21-39)55-51-26-14-11-23-45(51)48-34-40(28-32-53(48)55)41-29-33-54-49(35-41)46-24-12-15-27-52(46)56(54)50-25-13-10-22-44(50)38-18-6-2-7-19-38/h1-36H. The summed E-state index contributed by atoms with van der Waals surface area (Å²) < 4.78 is 4.86. The van der Waals surface area contributed by atoms with Crippen LogP contribution in [0.1, 0.15) is 0 Å². The number of hydrogen-bond donors (Lipinski definition) is 0. The van der Waals surface area contributed by atoms with Gasteiger partial charge in [-0.2, -0.15) is 0 Å². The van der Waals surface area contributed by atoms with Crippen LogP contribution in [0.15, 0.2) is 218 Å². The molecule has 2 aromatic heterocycles. The van der Waals surface area contributed by atoms with Crippen LogP contribution >= 0.6 is 0 Å². The van der Waals surface area contributed by atoms with Gasteiger partial charge in [0.2, 0.25) is 0 Å². The lowest BCUT2D eigenvalue weighted by molar-refractivity contribution is 1.18. The second-order valence-corrected chi connectivity index (χ2v) is 14.5. The van der Waals surface area contributed by atoms with Crippen LogP contribution in [-0.2, 0) is 0 Å². The fourth-order valence-corrected chi connectivity index (χ4v) is 8.77. The molecule has 0 aliphatic rings. The highest BCUT2D eigenvalue weighted by molar-refractivity contribution is 6.13. The van der Waals surface area contributed by atoms with Crippen molar-refractivity contribution >= 4 is 43.6 Å². The third-order valence-corrected chi connectivity index (χ3v) is 11.3. The molecule has 11 rings (SSSR count). The molecule has 0 aliphatic heterocycles. The van der Waals surface area contributed by atoms with Gasteiger partial charge in [-0.3, -0.25) is 0 Å². The number of benzene rings is 9. The number of rotatable bonds is 6. The summed E-state index contributed by atoms with van der Waals surface area (Å²) in [6, 6.07) is 79.4. The molecule has 9 aromatic carbocycles. The Morgan fingerprint density at radius 3 is 1.29 bits per heavy atom. The molecule has 0 radical (unpaired) electrons. The van der Waals surface area contributed by atoms with Crippen molar-refractivity contribution in [2.45, 2.75) is 0 Å². The molecule has 2 heterocycles. The number of hydrogen-bond acceptors (Lipinski definition) is 0. The van der Waals surface area contributed by atoms with Crippen molar-refractivity contribution < 1.29 is 0 Å². The van der Waals surface area contributed by atoms with Gasteiger partial charge in [-0.15, -0.1) is 0 Å². The molecular formula is C54H36N2. The lowest BCUT2D eigenvalue weighted by atomic mass is 9.94. The minimum absolute atomic E-state index is 1.15. The van der Waals surface area contributed by atoms with Crippen molar-refractivity contribution in [2.24, 2.45) is 0 Å². The van der Waals surface area contributed by atoms with E-state index in [1.807, 2.05) is 0 Å². The topological polar surface area (TPSA) is 9.86 Å². The smallest absolute Gasteiger partial charge is 0.0541 e. The summed E-state index contributed by atoms with van der Waals surface area (Å²) >= 11 is 0. The largest absolute Gasteiger partial charge is 0.309 e. The lowest BCUT2D eigenvalue weighted by Gasteiger charge is -2.15. The summed E-state index contributed by atoms with van der Waals surface area (Å²) in [6.07, 6.45) is 0. The first-order valence-electron chi connectivity index (χ1n) is 19.3. The maximum Gasteiger partial charge on any atom is 0.0541 e. The Kier molecular flexibility index (Phi) is 7.53. The van der Waals surface area contributed by atoms with E-state index in [2.05, 4.69) is 228 Å². The van der Waals surface area contributed by atoms with Crippen LogP contribution in [0.3, 0.4) is 0 Å². The highest BCUT2D eigenvalue weighted by Gasteiger charge is 2.18. The Labute approximate surface area is 325 Å². The Bertz CT molecular complexity index is 3220. The van der Waals surface area contributed by atoms with Gasteiger partial charge in [0.1, 0.15) is 0 Å².